The zero-order valence-corrected chi connectivity index (χ0v) is 29.6. The van der Waals surface area contributed by atoms with Gasteiger partial charge < -0.3 is 10.0 Å². The first-order valence-electron chi connectivity index (χ1n) is 22.6. The molecule has 0 amide bonds. The molecule has 256 valence electrons. The van der Waals surface area contributed by atoms with Crippen molar-refractivity contribution in [2.24, 2.45) is 165 Å². The summed E-state index contributed by atoms with van der Waals surface area (Å²) in [5, 5.41) is 10.4. The standard InChI is InChI=1S/C48H53NO/c1-15-46-25-12-21-10-18-8-19-7-16-6-17-9-20-11-22-13-48(46,14-49(15)23-2-4-24(50)5-3-23)47-32(22)37-31(20)36-27(17)26(16)34-30(19)35-28(18)29(21)38-33(25)45(47)44-42(37)40(36)39(34)41(35)43(38)44/h2-5,12,15-17,19-20,22,25-27,29-47,50H,6-11,13-14H2,1H3. The van der Waals surface area contributed by atoms with Crippen LogP contribution in [0.2, 0.25) is 0 Å². The summed E-state index contributed by atoms with van der Waals surface area (Å²) in [6.45, 7) is 4.04. The van der Waals surface area contributed by atoms with Gasteiger partial charge in [0.2, 0.25) is 0 Å². The van der Waals surface area contributed by atoms with Gasteiger partial charge in [-0.25, -0.2) is 0 Å². The van der Waals surface area contributed by atoms with Crippen molar-refractivity contribution < 1.29 is 5.11 Å². The third-order valence-corrected chi connectivity index (χ3v) is 24.4. The molecule has 1 saturated heterocycles. The van der Waals surface area contributed by atoms with Gasteiger partial charge in [-0.3, -0.25) is 0 Å². The lowest BCUT2D eigenvalue weighted by Gasteiger charge is -2.63. The molecule has 0 aromatic heterocycles. The molecular weight excluding hydrogens is 607 g/mol. The van der Waals surface area contributed by atoms with E-state index in [4.69, 9.17) is 0 Å². The number of phenolic OH excluding ortho intramolecular Hbond substituents is 1. The van der Waals surface area contributed by atoms with Crippen molar-refractivity contribution in [2.45, 2.75) is 57.9 Å². The lowest BCUT2D eigenvalue weighted by atomic mass is 9.41. The minimum absolute atomic E-state index is 0.431. The molecule has 18 rings (SSSR count). The van der Waals surface area contributed by atoms with E-state index in [9.17, 15) is 5.11 Å². The molecule has 1 aromatic carbocycles. The summed E-state index contributed by atoms with van der Waals surface area (Å²) in [6, 6.07) is 9.16. The van der Waals surface area contributed by atoms with Crippen LogP contribution in [0.5, 0.6) is 5.75 Å². The van der Waals surface area contributed by atoms with Crippen LogP contribution in [-0.4, -0.2) is 17.7 Å². The Morgan fingerprint density at radius 2 is 1.26 bits per heavy atom. The number of hydrogen-bond acceptors (Lipinski definition) is 2. The number of phenols is 1. The quantitative estimate of drug-likeness (QED) is 0.306. The van der Waals surface area contributed by atoms with Crippen LogP contribution in [0.25, 0.3) is 0 Å². The number of benzene rings is 1. The molecule has 29 unspecified atom stereocenters. The maximum absolute atomic E-state index is 10.4. The lowest BCUT2D eigenvalue weighted by molar-refractivity contribution is -0.160. The molecule has 2 heteroatoms. The number of fused-ring (bicyclic) bond motifs is 1. The molecular formula is C48H53NO. The van der Waals surface area contributed by atoms with Gasteiger partial charge in [0.25, 0.3) is 0 Å². The van der Waals surface area contributed by atoms with Gasteiger partial charge in [0.15, 0.2) is 0 Å². The summed E-state index contributed by atoms with van der Waals surface area (Å²) in [7, 11) is 0. The lowest BCUT2D eigenvalue weighted by Crippen LogP contribution is -2.61. The summed E-state index contributed by atoms with van der Waals surface area (Å²) >= 11 is 0. The molecule has 29 atom stereocenters. The molecule has 13 saturated carbocycles. The molecule has 16 aliphatic carbocycles. The topological polar surface area (TPSA) is 23.5 Å². The number of aromatic hydroxyl groups is 1. The van der Waals surface area contributed by atoms with E-state index in [0.29, 0.717) is 17.2 Å². The smallest absolute Gasteiger partial charge is 0.115 e. The van der Waals surface area contributed by atoms with Crippen LogP contribution in [0.3, 0.4) is 0 Å². The number of hydrogen-bond donors (Lipinski definition) is 1. The summed E-state index contributed by atoms with van der Waals surface area (Å²) in [5.74, 6) is 29.8. The minimum atomic E-state index is 0.431. The first-order chi connectivity index (χ1) is 24.6. The highest BCUT2D eigenvalue weighted by atomic mass is 16.3. The van der Waals surface area contributed by atoms with Crippen LogP contribution in [0, 0.1) is 165 Å². The minimum Gasteiger partial charge on any atom is -0.508 e. The molecule has 0 radical (unpaired) electrons. The van der Waals surface area contributed by atoms with Gasteiger partial charge in [0, 0.05) is 24.2 Å². The van der Waals surface area contributed by atoms with Crippen molar-refractivity contribution in [2.75, 3.05) is 11.4 Å². The Morgan fingerprint density at radius 1 is 0.620 bits per heavy atom. The van der Waals surface area contributed by atoms with Crippen molar-refractivity contribution in [3.63, 3.8) is 0 Å². The molecule has 1 aliphatic heterocycles. The second-order valence-electron chi connectivity index (χ2n) is 23.7. The van der Waals surface area contributed by atoms with Crippen LogP contribution in [0.15, 0.2) is 47.1 Å². The predicted octanol–water partition coefficient (Wildman–Crippen LogP) is 8.40. The van der Waals surface area contributed by atoms with Crippen LogP contribution in [-0.2, 0) is 0 Å². The Bertz CT molecular complexity index is 1990. The van der Waals surface area contributed by atoms with Gasteiger partial charge in [-0.2, -0.15) is 0 Å². The summed E-state index contributed by atoms with van der Waals surface area (Å²) in [4.78, 5) is 2.94. The third-order valence-electron chi connectivity index (χ3n) is 24.4. The fourth-order valence-corrected chi connectivity index (χ4v) is 25.9. The average molecular weight is 660 g/mol. The van der Waals surface area contributed by atoms with E-state index < -0.39 is 0 Å². The Labute approximate surface area is 297 Å². The molecule has 2 nitrogen and oxygen atoms in total. The molecule has 1 heterocycles. The normalized spacial score (nSPS) is 72.8. The maximum atomic E-state index is 10.4. The van der Waals surface area contributed by atoms with E-state index >= 15 is 0 Å². The van der Waals surface area contributed by atoms with Gasteiger partial charge in [0.1, 0.15) is 5.75 Å². The van der Waals surface area contributed by atoms with E-state index in [1.165, 1.54) is 54.2 Å². The van der Waals surface area contributed by atoms with E-state index in [0.717, 1.165) is 124 Å². The highest BCUT2D eigenvalue weighted by Gasteiger charge is 2.89. The molecule has 17 aliphatic rings. The fraction of sp³-hybridized carbons (Fsp3) is 0.792. The first-order valence-corrected chi connectivity index (χ1v) is 22.6. The van der Waals surface area contributed by atoms with Crippen molar-refractivity contribution in [1.82, 2.24) is 0 Å². The molecule has 1 spiro atoms. The molecule has 1 N–H and O–H groups in total. The molecule has 14 fully saturated rings. The van der Waals surface area contributed by atoms with Gasteiger partial charge in [0.05, 0.1) is 0 Å². The second-order valence-corrected chi connectivity index (χ2v) is 23.7. The van der Waals surface area contributed by atoms with E-state index in [2.05, 4.69) is 41.2 Å². The van der Waals surface area contributed by atoms with Crippen molar-refractivity contribution in [3.8, 4) is 5.75 Å². The van der Waals surface area contributed by atoms with Crippen molar-refractivity contribution >= 4 is 5.69 Å². The Morgan fingerprint density at radius 3 is 2.08 bits per heavy atom. The van der Waals surface area contributed by atoms with Crippen molar-refractivity contribution in [3.05, 3.63) is 47.1 Å². The van der Waals surface area contributed by atoms with Gasteiger partial charge in [-0.05, 0) is 235 Å². The molecule has 0 bridgehead atoms. The van der Waals surface area contributed by atoms with E-state index in [1.807, 2.05) is 17.7 Å². The van der Waals surface area contributed by atoms with Crippen LogP contribution in [0.4, 0.5) is 5.69 Å². The third kappa shape index (κ3) is 2.07. The number of rotatable bonds is 1. The van der Waals surface area contributed by atoms with Crippen LogP contribution >= 0.6 is 0 Å². The average Bonchev–Trinajstić information content (AvgIpc) is 3.95. The summed E-state index contributed by atoms with van der Waals surface area (Å²) in [6.07, 6.45) is 14.4. The monoisotopic (exact) mass is 659 g/mol. The highest BCUT2D eigenvalue weighted by molar-refractivity contribution is 5.55. The fourth-order valence-electron chi connectivity index (χ4n) is 25.9. The zero-order chi connectivity index (χ0) is 31.3. The van der Waals surface area contributed by atoms with Crippen LogP contribution in [0.1, 0.15) is 51.9 Å². The Kier molecular flexibility index (Phi) is 3.61. The summed E-state index contributed by atoms with van der Waals surface area (Å²) in [5.41, 5.74) is 8.24. The summed E-state index contributed by atoms with van der Waals surface area (Å²) < 4.78 is 0. The van der Waals surface area contributed by atoms with Gasteiger partial charge in [-0.15, -0.1) is 0 Å². The second kappa shape index (κ2) is 7.12. The number of allylic oxidation sites excluding steroid dienone is 4. The predicted molar refractivity (Wildman–Crippen MR) is 189 cm³/mol. The van der Waals surface area contributed by atoms with E-state index in [1.54, 1.807) is 38.5 Å². The largest absolute Gasteiger partial charge is 0.508 e. The van der Waals surface area contributed by atoms with E-state index in [-0.39, 0.29) is 0 Å². The highest BCUT2D eigenvalue weighted by Crippen LogP contribution is 2.93. The zero-order valence-electron chi connectivity index (χ0n) is 29.6. The maximum Gasteiger partial charge on any atom is 0.115 e. The Balaban J connectivity index is 0.959. The Hall–Kier alpha value is -1.70. The first kappa shape index (κ1) is 25.3. The number of anilines is 1. The molecule has 50 heavy (non-hydrogen) atoms. The van der Waals surface area contributed by atoms with Crippen LogP contribution < -0.4 is 4.90 Å². The number of nitrogens with zero attached hydrogens (tertiary/aromatic N) is 1. The van der Waals surface area contributed by atoms with Gasteiger partial charge >= 0.3 is 0 Å². The SMILES string of the molecule is CC1C2C3C=C4CC5=C6C4C4C3C3C7C4C4C6C6C(C5)CC5CC8CC9CC%10CC2(CN1c1ccc(O)cc1)C3C%10C1C9C2C8C5C6C4C2C17. The van der Waals surface area contributed by atoms with Gasteiger partial charge in [-0.1, -0.05) is 22.8 Å². The van der Waals surface area contributed by atoms with Crippen molar-refractivity contribution in [1.29, 1.82) is 0 Å². The molecule has 1 aromatic rings.